The highest BCUT2D eigenvalue weighted by Crippen LogP contribution is 2.32. The highest BCUT2D eigenvalue weighted by atomic mass is 35.5. The van der Waals surface area contributed by atoms with E-state index in [0.29, 0.717) is 75.0 Å². The van der Waals surface area contributed by atoms with Gasteiger partial charge in [-0.05, 0) is 25.0 Å². The highest BCUT2D eigenvalue weighted by molar-refractivity contribution is 6.27. The van der Waals surface area contributed by atoms with Crippen molar-refractivity contribution in [2.75, 3.05) is 62.6 Å². The molecule has 2 aromatic heterocycles. The molecule has 1 amide bonds. The maximum Gasteiger partial charge on any atom is 0.296 e. The van der Waals surface area contributed by atoms with Crippen LogP contribution in [-0.4, -0.2) is 93.7 Å². The average Bonchev–Trinajstić information content (AvgIpc) is 3.34. The van der Waals surface area contributed by atoms with Gasteiger partial charge in [0.15, 0.2) is 5.82 Å². The number of likely N-dealkylation sites (tertiary alicyclic amines) is 1. The SMILES string of the molecule is COc1cccc2c1nc(C(F)F)n2-c1nc(NC2CCN(C(=O)CCl)CC2)nc(N2CCOCC2)n1. The lowest BCUT2D eigenvalue weighted by Crippen LogP contribution is -2.43. The van der Waals surface area contributed by atoms with Gasteiger partial charge < -0.3 is 24.6 Å². The average molecular weight is 537 g/mol. The van der Waals surface area contributed by atoms with E-state index in [1.54, 1.807) is 23.1 Å². The third-order valence-electron chi connectivity index (χ3n) is 6.49. The summed E-state index contributed by atoms with van der Waals surface area (Å²) in [5.74, 6) is 0.385. The van der Waals surface area contributed by atoms with E-state index in [4.69, 9.17) is 21.1 Å². The first kappa shape index (κ1) is 25.3. The van der Waals surface area contributed by atoms with Gasteiger partial charge in [-0.3, -0.25) is 9.36 Å². The molecule has 0 saturated carbocycles. The number of para-hydroxylation sites is 1. The number of imidazole rings is 1. The topological polar surface area (TPSA) is 111 Å². The lowest BCUT2D eigenvalue weighted by atomic mass is 10.1. The number of carbonyl (C=O) groups is 1. The number of alkyl halides is 3. The molecule has 2 aliphatic rings. The van der Waals surface area contributed by atoms with E-state index in [2.05, 4.69) is 25.3 Å². The predicted octanol–water partition coefficient (Wildman–Crippen LogP) is 2.64. The Morgan fingerprint density at radius 2 is 1.86 bits per heavy atom. The van der Waals surface area contributed by atoms with Crippen molar-refractivity contribution in [1.82, 2.24) is 29.4 Å². The zero-order chi connectivity index (χ0) is 25.9. The number of aromatic nitrogens is 5. The number of nitrogens with one attached hydrogen (secondary N) is 1. The number of anilines is 2. The van der Waals surface area contributed by atoms with Crippen LogP contribution in [0.3, 0.4) is 0 Å². The van der Waals surface area contributed by atoms with Crippen LogP contribution in [0.2, 0.25) is 0 Å². The number of piperidine rings is 1. The summed E-state index contributed by atoms with van der Waals surface area (Å²) in [4.78, 5) is 33.5. The number of morpholine rings is 1. The van der Waals surface area contributed by atoms with Crippen molar-refractivity contribution >= 4 is 40.4 Å². The zero-order valence-corrected chi connectivity index (χ0v) is 21.0. The molecule has 2 fully saturated rings. The minimum atomic E-state index is -2.87. The molecule has 0 atom stereocenters. The lowest BCUT2D eigenvalue weighted by Gasteiger charge is -2.32. The molecule has 2 aliphatic heterocycles. The summed E-state index contributed by atoms with van der Waals surface area (Å²) < 4.78 is 40.4. The van der Waals surface area contributed by atoms with Crippen molar-refractivity contribution in [2.24, 2.45) is 0 Å². The molecule has 5 rings (SSSR count). The molecule has 14 heteroatoms. The fourth-order valence-corrected chi connectivity index (χ4v) is 4.75. The van der Waals surface area contributed by atoms with Crippen molar-refractivity contribution in [3.05, 3.63) is 24.0 Å². The van der Waals surface area contributed by atoms with Crippen LogP contribution in [0, 0.1) is 0 Å². The first-order chi connectivity index (χ1) is 18.0. The molecule has 0 unspecified atom stereocenters. The summed E-state index contributed by atoms with van der Waals surface area (Å²) in [7, 11) is 1.46. The zero-order valence-electron chi connectivity index (χ0n) is 20.2. The van der Waals surface area contributed by atoms with Gasteiger partial charge >= 0.3 is 0 Å². The molecule has 0 aliphatic carbocycles. The number of fused-ring (bicyclic) bond motifs is 1. The summed E-state index contributed by atoms with van der Waals surface area (Å²) in [6, 6.07) is 5.02. The van der Waals surface area contributed by atoms with Crippen LogP contribution >= 0.6 is 11.6 Å². The first-order valence-corrected chi connectivity index (χ1v) is 12.5. The third kappa shape index (κ3) is 5.23. The van der Waals surface area contributed by atoms with Gasteiger partial charge in [0.2, 0.25) is 23.8 Å². The van der Waals surface area contributed by atoms with E-state index in [9.17, 15) is 13.6 Å². The highest BCUT2D eigenvalue weighted by Gasteiger charge is 2.27. The molecule has 11 nitrogen and oxygen atoms in total. The van der Waals surface area contributed by atoms with E-state index >= 15 is 0 Å². The number of nitrogens with zero attached hydrogens (tertiary/aromatic N) is 7. The Labute approximate surface area is 216 Å². The summed E-state index contributed by atoms with van der Waals surface area (Å²) in [6.07, 6.45) is -1.53. The van der Waals surface area contributed by atoms with Crippen LogP contribution in [0.1, 0.15) is 25.1 Å². The van der Waals surface area contributed by atoms with Crippen LogP contribution in [-0.2, 0) is 9.53 Å². The summed E-state index contributed by atoms with van der Waals surface area (Å²) in [6.45, 7) is 3.23. The Morgan fingerprint density at radius 1 is 1.14 bits per heavy atom. The molecule has 1 N–H and O–H groups in total. The Kier molecular flexibility index (Phi) is 7.51. The van der Waals surface area contributed by atoms with Gasteiger partial charge in [0, 0.05) is 32.2 Å². The maximum atomic E-state index is 14.2. The quantitative estimate of drug-likeness (QED) is 0.455. The van der Waals surface area contributed by atoms with Crippen LogP contribution in [0.5, 0.6) is 5.75 Å². The molecule has 0 bridgehead atoms. The van der Waals surface area contributed by atoms with E-state index < -0.39 is 12.2 Å². The Hall–Kier alpha value is -3.32. The molecule has 1 aromatic carbocycles. The Balaban J connectivity index is 1.54. The standard InChI is InChI=1S/C23H27ClF2N8O3/c1-36-16-4-2-3-15-18(16)28-20(19(25)26)34(15)23-30-21(29-22(31-23)33-9-11-37-12-10-33)27-14-5-7-32(8-6-14)17(35)13-24/h2-4,14,19H,5-13H2,1H3,(H,27,29,30,31). The number of halogens is 3. The van der Waals surface area contributed by atoms with Gasteiger partial charge in [-0.1, -0.05) is 6.07 Å². The fraction of sp³-hybridized carbons (Fsp3) is 0.522. The van der Waals surface area contributed by atoms with E-state index in [1.807, 2.05) is 4.90 Å². The minimum Gasteiger partial charge on any atom is -0.494 e. The number of hydrogen-bond donors (Lipinski definition) is 1. The minimum absolute atomic E-state index is 0.0126. The molecule has 2 saturated heterocycles. The summed E-state index contributed by atoms with van der Waals surface area (Å²) >= 11 is 5.69. The van der Waals surface area contributed by atoms with Gasteiger partial charge in [0.05, 0.1) is 25.8 Å². The molecule has 198 valence electrons. The second-order valence-electron chi connectivity index (χ2n) is 8.73. The van der Waals surface area contributed by atoms with Gasteiger partial charge in [-0.15, -0.1) is 11.6 Å². The molecular formula is C23H27ClF2N8O3. The van der Waals surface area contributed by atoms with Crippen LogP contribution < -0.4 is 15.0 Å². The van der Waals surface area contributed by atoms with E-state index in [0.717, 1.165) is 0 Å². The van der Waals surface area contributed by atoms with Crippen molar-refractivity contribution in [3.63, 3.8) is 0 Å². The number of rotatable bonds is 7. The monoisotopic (exact) mass is 536 g/mol. The van der Waals surface area contributed by atoms with Crippen LogP contribution in [0.15, 0.2) is 18.2 Å². The number of methoxy groups -OCH3 is 1. The molecule has 37 heavy (non-hydrogen) atoms. The normalized spacial score (nSPS) is 17.0. The number of ether oxygens (including phenoxy) is 2. The largest absolute Gasteiger partial charge is 0.494 e. The van der Waals surface area contributed by atoms with Gasteiger partial charge in [-0.25, -0.2) is 13.8 Å². The molecular weight excluding hydrogens is 510 g/mol. The van der Waals surface area contributed by atoms with Crippen molar-refractivity contribution in [1.29, 1.82) is 0 Å². The number of carbonyl (C=O) groups excluding carboxylic acids is 1. The van der Waals surface area contributed by atoms with Crippen molar-refractivity contribution in [3.8, 4) is 11.7 Å². The lowest BCUT2D eigenvalue weighted by molar-refractivity contribution is -0.129. The van der Waals surface area contributed by atoms with Gasteiger partial charge in [0.25, 0.3) is 6.43 Å². The smallest absolute Gasteiger partial charge is 0.296 e. The van der Waals surface area contributed by atoms with Crippen molar-refractivity contribution < 1.29 is 23.0 Å². The molecule has 3 aromatic rings. The number of benzene rings is 1. The summed E-state index contributed by atoms with van der Waals surface area (Å²) in [5, 5.41) is 3.32. The predicted molar refractivity (Wildman–Crippen MR) is 133 cm³/mol. The van der Waals surface area contributed by atoms with Crippen molar-refractivity contribution in [2.45, 2.75) is 25.3 Å². The summed E-state index contributed by atoms with van der Waals surface area (Å²) in [5.41, 5.74) is 0.687. The number of hydrogen-bond acceptors (Lipinski definition) is 9. The Bertz CT molecular complexity index is 1260. The van der Waals surface area contributed by atoms with Crippen LogP contribution in [0.4, 0.5) is 20.7 Å². The van der Waals surface area contributed by atoms with Gasteiger partial charge in [-0.2, -0.15) is 15.0 Å². The maximum absolute atomic E-state index is 14.2. The first-order valence-electron chi connectivity index (χ1n) is 12.0. The Morgan fingerprint density at radius 3 is 2.54 bits per heavy atom. The van der Waals surface area contributed by atoms with Gasteiger partial charge in [0.1, 0.15) is 17.1 Å². The molecule has 0 spiro atoms. The van der Waals surface area contributed by atoms with E-state index in [1.165, 1.54) is 11.7 Å². The molecule has 0 radical (unpaired) electrons. The molecule has 4 heterocycles. The second kappa shape index (κ2) is 11.0. The van der Waals surface area contributed by atoms with E-state index in [-0.39, 0.29) is 29.7 Å². The third-order valence-corrected chi connectivity index (χ3v) is 6.72. The second-order valence-corrected chi connectivity index (χ2v) is 8.99. The van der Waals surface area contributed by atoms with Crippen LogP contribution in [0.25, 0.3) is 17.0 Å². The number of amides is 1. The fourth-order valence-electron chi connectivity index (χ4n) is 4.58.